The maximum atomic E-state index is 13.4. The van der Waals surface area contributed by atoms with E-state index in [1.54, 1.807) is 56.3 Å². The van der Waals surface area contributed by atoms with Crippen LogP contribution in [0.5, 0.6) is 0 Å². The summed E-state index contributed by atoms with van der Waals surface area (Å²) in [6, 6.07) is 34.8. The van der Waals surface area contributed by atoms with Gasteiger partial charge in [-0.15, -0.1) is 6.58 Å². The molecule has 0 bridgehead atoms. The van der Waals surface area contributed by atoms with Crippen LogP contribution in [0, 0.1) is 11.6 Å². The SMILES string of the molecule is C=CCN(c1ccccc1)S(=O)(=O)c1ccc2[nH]cc(C(=O)NCc3ccco3)c(=O)c2c1.CCN(c1ccc(F)cc1)S(=O)(=O)c1ccc2[nH]cc(C(=O)NC3CCCC3)c(=O)c2c1.CCN(c1ccc(F)cc1)S(=O)(=O)c1ccc2[nH]cc(C(=O)NCC3CCCO3)c(=O)c2c1. The molecule has 0 radical (unpaired) electrons. The number of halogens is 2. The van der Waals surface area contributed by atoms with Gasteiger partial charge in [0.05, 0.1) is 57.2 Å². The highest BCUT2D eigenvalue weighted by molar-refractivity contribution is 7.93. The standard InChI is InChI=1S/C24H21N3O5S.C23H24FN3O5S.C23H24FN3O4S/c1-2-12-27(17-7-4-3-5-8-17)33(30,31)19-10-11-22-20(14-19)23(28)21(16-25-22)24(29)26-15-18-9-6-13-32-18;1-2-27(16-7-5-15(24)6-8-16)33(30,31)18-9-10-21-19(12-18)22(28)20(14-25-21)23(29)26-13-17-4-3-11-32-17;1-2-27(17-9-7-15(24)8-10-17)32(30,31)18-11-12-21-19(13-18)22(28)20(14-25-21)23(29)26-16-5-3-4-6-16/h2-11,13-14,16H,1,12,15H2,(H,25,28)(H,26,29);5-10,12,14,17H,2-4,11,13H2,1H3,(H,25,28)(H,26,29);7-14,16H,2-6H2,1H3,(H,25,28)(H,26,29). The number of ether oxygens (including phenoxy) is 1. The number of amides is 3. The van der Waals surface area contributed by atoms with Crippen molar-refractivity contribution in [2.24, 2.45) is 0 Å². The minimum absolute atomic E-state index is 0.0511. The highest BCUT2D eigenvalue weighted by atomic mass is 32.2. The zero-order valence-electron chi connectivity index (χ0n) is 53.1. The van der Waals surface area contributed by atoms with Crippen LogP contribution in [-0.2, 0) is 41.4 Å². The third-order valence-corrected chi connectivity index (χ3v) is 22.0. The summed E-state index contributed by atoms with van der Waals surface area (Å²) in [4.78, 5) is 85.3. The first kappa shape index (κ1) is 70.3. The number of carbonyl (C=O) groups excluding carboxylic acids is 3. The Morgan fingerprint density at radius 1 is 0.541 bits per heavy atom. The lowest BCUT2D eigenvalue weighted by atomic mass is 10.1. The molecule has 3 amide bonds. The Hall–Kier alpha value is -10.6. The van der Waals surface area contributed by atoms with E-state index in [4.69, 9.17) is 9.15 Å². The predicted molar refractivity (Wildman–Crippen MR) is 369 cm³/mol. The summed E-state index contributed by atoms with van der Waals surface area (Å²) in [5, 5.41) is 8.49. The van der Waals surface area contributed by atoms with Gasteiger partial charge < -0.3 is 40.1 Å². The van der Waals surface area contributed by atoms with Gasteiger partial charge in [0.1, 0.15) is 34.1 Å². The van der Waals surface area contributed by atoms with Gasteiger partial charge in [-0.25, -0.2) is 34.0 Å². The maximum absolute atomic E-state index is 13.4. The van der Waals surface area contributed by atoms with Crippen LogP contribution in [0.1, 0.15) is 89.2 Å². The van der Waals surface area contributed by atoms with E-state index in [1.165, 1.54) is 138 Å². The Bertz CT molecular complexity index is 5120. The number of aromatic nitrogens is 3. The van der Waals surface area contributed by atoms with Crippen LogP contribution >= 0.6 is 0 Å². The molecule has 1 aliphatic carbocycles. The molecule has 6 N–H and O–H groups in total. The number of pyridine rings is 3. The number of hydrogen-bond acceptors (Lipinski definition) is 14. The molecule has 1 saturated carbocycles. The highest BCUT2D eigenvalue weighted by Gasteiger charge is 2.30. The number of aromatic amines is 3. The van der Waals surface area contributed by atoms with E-state index in [9.17, 15) is 62.8 Å². The van der Waals surface area contributed by atoms with E-state index < -0.39 is 75.7 Å². The summed E-state index contributed by atoms with van der Waals surface area (Å²) >= 11 is 0. The second kappa shape index (κ2) is 30.7. The van der Waals surface area contributed by atoms with Crippen molar-refractivity contribution < 1.29 is 57.6 Å². The fraction of sp³-hybridized carbons (Fsp3) is 0.229. The molecule has 510 valence electrons. The largest absolute Gasteiger partial charge is 0.467 e. The maximum Gasteiger partial charge on any atom is 0.264 e. The molecule has 4 aromatic heterocycles. The number of para-hydroxylation sites is 1. The third kappa shape index (κ3) is 15.6. The lowest BCUT2D eigenvalue weighted by Gasteiger charge is -2.23. The van der Waals surface area contributed by atoms with Crippen molar-refractivity contribution in [1.29, 1.82) is 0 Å². The van der Waals surface area contributed by atoms with E-state index in [-0.39, 0.29) is 85.9 Å². The number of furan rings is 1. The number of rotatable bonds is 21. The fourth-order valence-electron chi connectivity index (χ4n) is 11.3. The van der Waals surface area contributed by atoms with E-state index in [1.807, 2.05) is 0 Å². The van der Waals surface area contributed by atoms with Crippen molar-refractivity contribution in [3.05, 3.63) is 248 Å². The first-order chi connectivity index (χ1) is 47.0. The zero-order valence-corrected chi connectivity index (χ0v) is 55.6. The lowest BCUT2D eigenvalue weighted by Crippen LogP contribution is -2.35. The van der Waals surface area contributed by atoms with E-state index in [0.29, 0.717) is 52.5 Å². The van der Waals surface area contributed by atoms with E-state index in [2.05, 4.69) is 37.5 Å². The van der Waals surface area contributed by atoms with Gasteiger partial charge in [-0.2, -0.15) is 0 Å². The summed E-state index contributed by atoms with van der Waals surface area (Å²) in [5.41, 5.74) is 0.354. The number of benzene rings is 6. The Labute approximate surface area is 562 Å². The normalized spacial score (nSPS) is 14.0. The molecule has 1 atom stereocenters. The average Bonchev–Trinajstić information content (AvgIpc) is 0.995. The minimum Gasteiger partial charge on any atom is -0.467 e. The van der Waals surface area contributed by atoms with Gasteiger partial charge in [0.15, 0.2) is 0 Å². The molecule has 5 heterocycles. The highest BCUT2D eigenvalue weighted by Crippen LogP contribution is 2.29. The van der Waals surface area contributed by atoms with Gasteiger partial charge in [0.25, 0.3) is 47.8 Å². The summed E-state index contributed by atoms with van der Waals surface area (Å²) in [6.07, 6.45) is 12.5. The van der Waals surface area contributed by atoms with Crippen molar-refractivity contribution in [3.63, 3.8) is 0 Å². The smallest absolute Gasteiger partial charge is 0.264 e. The van der Waals surface area contributed by atoms with Crippen LogP contribution in [-0.4, -0.2) is 103 Å². The molecule has 10 aromatic rings. The zero-order chi connectivity index (χ0) is 69.9. The molecular weight excluding hydrogens is 1330 g/mol. The monoisotopic (exact) mass is 1390 g/mol. The number of carbonyl (C=O) groups is 3. The van der Waals surface area contributed by atoms with Crippen LogP contribution in [0.15, 0.2) is 217 Å². The van der Waals surface area contributed by atoms with Crippen LogP contribution in [0.2, 0.25) is 0 Å². The Balaban J connectivity index is 0.000000159. The number of nitrogens with zero attached hydrogens (tertiary/aromatic N) is 3. The summed E-state index contributed by atoms with van der Waals surface area (Å²) in [7, 11) is -12.1. The third-order valence-electron chi connectivity index (χ3n) is 16.4. The van der Waals surface area contributed by atoms with Crippen molar-refractivity contribution in [2.75, 3.05) is 45.7 Å². The van der Waals surface area contributed by atoms with Crippen molar-refractivity contribution in [1.82, 2.24) is 30.9 Å². The second-order valence-corrected chi connectivity index (χ2v) is 28.3. The molecule has 98 heavy (non-hydrogen) atoms. The van der Waals surface area contributed by atoms with Gasteiger partial charge in [-0.05, 0) is 167 Å². The molecule has 28 heteroatoms. The number of fused-ring (bicyclic) bond motifs is 3. The van der Waals surface area contributed by atoms with Gasteiger partial charge in [-0.3, -0.25) is 41.7 Å². The van der Waals surface area contributed by atoms with Crippen molar-refractivity contribution in [3.8, 4) is 0 Å². The van der Waals surface area contributed by atoms with Gasteiger partial charge in [0.2, 0.25) is 16.3 Å². The molecule has 6 aromatic carbocycles. The fourth-order valence-corrected chi connectivity index (χ4v) is 15.8. The second-order valence-electron chi connectivity index (χ2n) is 22.7. The molecule has 1 saturated heterocycles. The minimum atomic E-state index is -4.04. The average molecular weight is 1390 g/mol. The topological polar surface area (TPSA) is 320 Å². The number of nitrogens with one attached hydrogen (secondary N) is 6. The molecule has 1 aliphatic heterocycles. The molecule has 1 unspecified atom stereocenters. The molecule has 2 fully saturated rings. The van der Waals surface area contributed by atoms with Crippen molar-refractivity contribution in [2.45, 2.75) is 85.7 Å². The van der Waals surface area contributed by atoms with Crippen LogP contribution in [0.25, 0.3) is 32.7 Å². The van der Waals surface area contributed by atoms with Crippen molar-refractivity contribution >= 4 is 97.6 Å². The Morgan fingerprint density at radius 2 is 0.980 bits per heavy atom. The molecule has 0 spiro atoms. The Kier molecular flexibility index (Phi) is 22.0. The summed E-state index contributed by atoms with van der Waals surface area (Å²) < 4.78 is 121. The van der Waals surface area contributed by atoms with Crippen LogP contribution < -0.4 is 45.2 Å². The molecule has 12 rings (SSSR count). The first-order valence-electron chi connectivity index (χ1n) is 31.3. The van der Waals surface area contributed by atoms with Crippen LogP contribution in [0.4, 0.5) is 25.8 Å². The number of H-pyrrole nitrogens is 3. The number of hydrogen-bond donors (Lipinski definition) is 6. The first-order valence-corrected chi connectivity index (χ1v) is 35.6. The number of sulfonamides is 3. The molecular formula is C70H69F2N9O14S3. The lowest BCUT2D eigenvalue weighted by molar-refractivity contribution is 0.0856. The van der Waals surface area contributed by atoms with Crippen LogP contribution in [0.3, 0.4) is 0 Å². The quantitative estimate of drug-likeness (QED) is 0.0365. The van der Waals surface area contributed by atoms with Gasteiger partial charge >= 0.3 is 0 Å². The van der Waals surface area contributed by atoms with E-state index in [0.717, 1.165) is 47.1 Å². The molecule has 23 nitrogen and oxygen atoms in total. The van der Waals surface area contributed by atoms with E-state index >= 15 is 0 Å². The summed E-state index contributed by atoms with van der Waals surface area (Å²) in [5.74, 6) is -2.02. The molecule has 2 aliphatic rings. The Morgan fingerprint density at radius 3 is 1.40 bits per heavy atom. The van der Waals surface area contributed by atoms with Gasteiger partial charge in [-0.1, -0.05) is 37.1 Å². The number of anilines is 3. The van der Waals surface area contributed by atoms with Gasteiger partial charge in [0, 0.05) is 83.6 Å². The predicted octanol–water partition coefficient (Wildman–Crippen LogP) is 9.78. The summed E-state index contributed by atoms with van der Waals surface area (Å²) in [6.45, 7) is 8.32.